The van der Waals surface area contributed by atoms with Gasteiger partial charge < -0.3 is 4.90 Å². The van der Waals surface area contributed by atoms with Crippen LogP contribution in [0, 0.1) is 0 Å². The van der Waals surface area contributed by atoms with Crippen molar-refractivity contribution in [2.45, 2.75) is 32.7 Å². The molecule has 3 heteroatoms. The Labute approximate surface area is 159 Å². The van der Waals surface area contributed by atoms with Crippen LogP contribution in [0.3, 0.4) is 0 Å². The highest BCUT2D eigenvalue weighted by molar-refractivity contribution is 5.98. The van der Waals surface area contributed by atoms with Gasteiger partial charge >= 0.3 is 0 Å². The molecule has 27 heavy (non-hydrogen) atoms. The van der Waals surface area contributed by atoms with Gasteiger partial charge in [0.1, 0.15) is 0 Å². The van der Waals surface area contributed by atoms with Crippen molar-refractivity contribution in [3.05, 3.63) is 106 Å². The predicted octanol–water partition coefficient (Wildman–Crippen LogP) is 4.36. The minimum Gasteiger partial charge on any atom is -0.330 e. The number of amides is 1. The number of rotatable bonds is 4. The molecule has 5 rings (SSSR count). The van der Waals surface area contributed by atoms with Crippen LogP contribution in [0.2, 0.25) is 0 Å². The Balaban J connectivity index is 1.27. The molecule has 134 valence electrons. The van der Waals surface area contributed by atoms with Crippen LogP contribution >= 0.6 is 0 Å². The topological polar surface area (TPSA) is 23.6 Å². The summed E-state index contributed by atoms with van der Waals surface area (Å²) < 4.78 is 0. The lowest BCUT2D eigenvalue weighted by Crippen LogP contribution is -2.23. The third kappa shape index (κ3) is 3.15. The van der Waals surface area contributed by atoms with Gasteiger partial charge in [-0.05, 0) is 33.9 Å². The van der Waals surface area contributed by atoms with Gasteiger partial charge in [-0.2, -0.15) is 0 Å². The van der Waals surface area contributed by atoms with E-state index in [4.69, 9.17) is 0 Å². The van der Waals surface area contributed by atoms with Crippen LogP contribution in [0.15, 0.2) is 72.8 Å². The molecule has 2 heterocycles. The zero-order chi connectivity index (χ0) is 18.2. The van der Waals surface area contributed by atoms with Gasteiger partial charge in [-0.15, -0.1) is 0 Å². The van der Waals surface area contributed by atoms with Crippen LogP contribution in [0.1, 0.15) is 38.2 Å². The molecular formula is C24H22N2O. The van der Waals surface area contributed by atoms with Crippen molar-refractivity contribution in [2.75, 3.05) is 0 Å². The molecule has 3 aromatic carbocycles. The number of fused-ring (bicyclic) bond motifs is 2. The molecule has 3 aromatic rings. The third-order valence-electron chi connectivity index (χ3n) is 5.57. The molecule has 0 spiro atoms. The SMILES string of the molecule is O=C1c2ccccc2CN1Cc1cccc(CN2Cc3ccccc3C2)c1. The summed E-state index contributed by atoms with van der Waals surface area (Å²) in [5.74, 6) is 0.144. The first-order chi connectivity index (χ1) is 13.3. The van der Waals surface area contributed by atoms with Crippen molar-refractivity contribution in [3.63, 3.8) is 0 Å². The van der Waals surface area contributed by atoms with Gasteiger partial charge in [0, 0.05) is 38.3 Å². The van der Waals surface area contributed by atoms with E-state index in [-0.39, 0.29) is 5.91 Å². The van der Waals surface area contributed by atoms with Gasteiger partial charge in [0.15, 0.2) is 0 Å². The van der Waals surface area contributed by atoms with Gasteiger partial charge in [-0.3, -0.25) is 9.69 Å². The fourth-order valence-corrected chi connectivity index (χ4v) is 4.26. The van der Waals surface area contributed by atoms with Crippen LogP contribution in [0.25, 0.3) is 0 Å². The molecule has 3 nitrogen and oxygen atoms in total. The Kier molecular flexibility index (Phi) is 4.02. The normalized spacial score (nSPS) is 15.9. The van der Waals surface area contributed by atoms with E-state index in [1.54, 1.807) is 0 Å². The van der Waals surface area contributed by atoms with E-state index in [1.807, 2.05) is 23.1 Å². The summed E-state index contributed by atoms with van der Waals surface area (Å²) in [6, 6.07) is 25.3. The number of carbonyl (C=O) groups excluding carboxylic acids is 1. The van der Waals surface area contributed by atoms with Gasteiger partial charge in [0.25, 0.3) is 5.91 Å². The summed E-state index contributed by atoms with van der Waals surface area (Å²) in [5.41, 5.74) is 7.37. The van der Waals surface area contributed by atoms with Gasteiger partial charge in [0.05, 0.1) is 0 Å². The van der Waals surface area contributed by atoms with E-state index in [0.717, 1.165) is 30.8 Å². The maximum absolute atomic E-state index is 12.6. The van der Waals surface area contributed by atoms with Crippen LogP contribution in [0.5, 0.6) is 0 Å². The van der Waals surface area contributed by atoms with E-state index in [9.17, 15) is 4.79 Å². The van der Waals surface area contributed by atoms with E-state index in [0.29, 0.717) is 13.1 Å². The Morgan fingerprint density at radius 3 is 2.00 bits per heavy atom. The quantitative estimate of drug-likeness (QED) is 0.695. The number of benzene rings is 3. The summed E-state index contributed by atoms with van der Waals surface area (Å²) >= 11 is 0. The fourth-order valence-electron chi connectivity index (χ4n) is 4.26. The van der Waals surface area contributed by atoms with Gasteiger partial charge in [0.2, 0.25) is 0 Å². The maximum atomic E-state index is 12.6. The molecule has 0 atom stereocenters. The monoisotopic (exact) mass is 354 g/mol. The lowest BCUT2D eigenvalue weighted by Gasteiger charge is -2.18. The number of nitrogens with zero attached hydrogens (tertiary/aromatic N) is 2. The van der Waals surface area contributed by atoms with E-state index in [1.165, 1.54) is 22.3 Å². The van der Waals surface area contributed by atoms with Crippen molar-refractivity contribution in [2.24, 2.45) is 0 Å². The van der Waals surface area contributed by atoms with Crippen molar-refractivity contribution in [3.8, 4) is 0 Å². The van der Waals surface area contributed by atoms with Crippen LogP contribution < -0.4 is 0 Å². The molecule has 0 fully saturated rings. The average molecular weight is 354 g/mol. The molecule has 2 aliphatic heterocycles. The summed E-state index contributed by atoms with van der Waals surface area (Å²) in [6.07, 6.45) is 0. The van der Waals surface area contributed by atoms with Gasteiger partial charge in [-0.1, -0.05) is 66.7 Å². The second-order valence-electron chi connectivity index (χ2n) is 7.55. The van der Waals surface area contributed by atoms with E-state index < -0.39 is 0 Å². The average Bonchev–Trinajstić information content (AvgIpc) is 3.23. The second kappa shape index (κ2) is 6.67. The molecule has 0 aromatic heterocycles. The van der Waals surface area contributed by atoms with Gasteiger partial charge in [-0.25, -0.2) is 0 Å². The summed E-state index contributed by atoms with van der Waals surface area (Å²) in [5, 5.41) is 0. The smallest absolute Gasteiger partial charge is 0.254 e. The van der Waals surface area contributed by atoms with Crippen molar-refractivity contribution in [1.82, 2.24) is 9.80 Å². The lowest BCUT2D eigenvalue weighted by molar-refractivity contribution is 0.0766. The van der Waals surface area contributed by atoms with Crippen LogP contribution in [0.4, 0.5) is 0 Å². The molecule has 2 aliphatic rings. The highest BCUT2D eigenvalue weighted by Gasteiger charge is 2.26. The predicted molar refractivity (Wildman–Crippen MR) is 106 cm³/mol. The second-order valence-corrected chi connectivity index (χ2v) is 7.55. The molecule has 0 saturated carbocycles. The minimum absolute atomic E-state index is 0.144. The Morgan fingerprint density at radius 2 is 1.30 bits per heavy atom. The van der Waals surface area contributed by atoms with E-state index in [2.05, 4.69) is 59.5 Å². The molecule has 0 saturated heterocycles. The van der Waals surface area contributed by atoms with Crippen molar-refractivity contribution in [1.29, 1.82) is 0 Å². The Bertz CT molecular complexity index is 986. The zero-order valence-corrected chi connectivity index (χ0v) is 15.3. The molecule has 0 unspecified atom stereocenters. The Hall–Kier alpha value is -2.91. The molecular weight excluding hydrogens is 332 g/mol. The summed E-state index contributed by atoms with van der Waals surface area (Å²) in [7, 11) is 0. The fraction of sp³-hybridized carbons (Fsp3) is 0.208. The number of hydrogen-bond acceptors (Lipinski definition) is 2. The molecule has 0 bridgehead atoms. The molecule has 0 radical (unpaired) electrons. The number of carbonyl (C=O) groups is 1. The van der Waals surface area contributed by atoms with Crippen LogP contribution in [-0.2, 0) is 32.7 Å². The van der Waals surface area contributed by atoms with Crippen LogP contribution in [-0.4, -0.2) is 15.7 Å². The van der Waals surface area contributed by atoms with Crippen molar-refractivity contribution < 1.29 is 4.79 Å². The highest BCUT2D eigenvalue weighted by Crippen LogP contribution is 2.26. The minimum atomic E-state index is 0.144. The molecule has 0 N–H and O–H groups in total. The zero-order valence-electron chi connectivity index (χ0n) is 15.3. The first kappa shape index (κ1) is 16.3. The molecule has 0 aliphatic carbocycles. The van der Waals surface area contributed by atoms with Crippen molar-refractivity contribution >= 4 is 5.91 Å². The third-order valence-corrected chi connectivity index (χ3v) is 5.57. The highest BCUT2D eigenvalue weighted by atomic mass is 16.2. The summed E-state index contributed by atoms with van der Waals surface area (Å²) in [4.78, 5) is 17.0. The first-order valence-electron chi connectivity index (χ1n) is 9.50. The standard InChI is InChI=1S/C24H22N2O/c27-24-23-11-4-3-10-22(23)17-26(24)14-19-7-5-6-18(12-19)13-25-15-20-8-1-2-9-21(20)16-25/h1-12H,13-17H2. The Morgan fingerprint density at radius 1 is 0.667 bits per heavy atom. The number of hydrogen-bond donors (Lipinski definition) is 0. The lowest BCUT2D eigenvalue weighted by atomic mass is 10.1. The summed E-state index contributed by atoms with van der Waals surface area (Å²) in [6.45, 7) is 4.35. The largest absolute Gasteiger partial charge is 0.330 e. The van der Waals surface area contributed by atoms with E-state index >= 15 is 0 Å². The first-order valence-corrected chi connectivity index (χ1v) is 9.50. The molecule has 1 amide bonds. The maximum Gasteiger partial charge on any atom is 0.254 e.